The SMILES string of the molecule is COc1ccnc(N[C@@H](C)c2ccc(-n3cncn3)cc2)n1. The Morgan fingerprint density at radius 1 is 1.18 bits per heavy atom. The van der Waals surface area contributed by atoms with Crippen LogP contribution in [0.25, 0.3) is 5.69 Å². The number of hydrogen-bond acceptors (Lipinski definition) is 6. The molecular formula is C15H16N6O. The third kappa shape index (κ3) is 3.03. The van der Waals surface area contributed by atoms with E-state index in [1.807, 2.05) is 31.2 Å². The topological polar surface area (TPSA) is 77.8 Å². The van der Waals surface area contributed by atoms with Crippen molar-refractivity contribution < 1.29 is 4.74 Å². The molecule has 1 aromatic carbocycles. The average Bonchev–Trinajstić information content (AvgIpc) is 3.09. The maximum Gasteiger partial charge on any atom is 0.226 e. The Balaban J connectivity index is 1.73. The molecule has 22 heavy (non-hydrogen) atoms. The molecule has 2 heterocycles. The van der Waals surface area contributed by atoms with Gasteiger partial charge in [0.05, 0.1) is 18.8 Å². The molecule has 1 N–H and O–H groups in total. The van der Waals surface area contributed by atoms with Gasteiger partial charge < -0.3 is 10.1 Å². The van der Waals surface area contributed by atoms with Crippen LogP contribution in [0.5, 0.6) is 5.88 Å². The monoisotopic (exact) mass is 296 g/mol. The zero-order valence-electron chi connectivity index (χ0n) is 12.3. The molecule has 3 aromatic rings. The van der Waals surface area contributed by atoms with E-state index in [0.29, 0.717) is 11.8 Å². The molecule has 0 saturated carbocycles. The number of benzene rings is 1. The summed E-state index contributed by atoms with van der Waals surface area (Å²) in [6, 6.07) is 9.84. The molecule has 112 valence electrons. The van der Waals surface area contributed by atoms with E-state index >= 15 is 0 Å². The molecule has 0 bridgehead atoms. The first-order valence-electron chi connectivity index (χ1n) is 6.85. The Morgan fingerprint density at radius 3 is 2.68 bits per heavy atom. The van der Waals surface area contributed by atoms with E-state index < -0.39 is 0 Å². The summed E-state index contributed by atoms with van der Waals surface area (Å²) in [7, 11) is 1.58. The van der Waals surface area contributed by atoms with Gasteiger partial charge in [-0.2, -0.15) is 10.1 Å². The summed E-state index contributed by atoms with van der Waals surface area (Å²) in [5.41, 5.74) is 2.08. The van der Waals surface area contributed by atoms with Crippen LogP contribution in [0.4, 0.5) is 5.95 Å². The van der Waals surface area contributed by atoms with Gasteiger partial charge in [0, 0.05) is 12.3 Å². The number of hydrogen-bond donors (Lipinski definition) is 1. The summed E-state index contributed by atoms with van der Waals surface area (Å²) in [6.45, 7) is 2.05. The lowest BCUT2D eigenvalue weighted by molar-refractivity contribution is 0.397. The lowest BCUT2D eigenvalue weighted by atomic mass is 10.1. The fourth-order valence-electron chi connectivity index (χ4n) is 2.06. The Bertz CT molecular complexity index is 726. The van der Waals surface area contributed by atoms with Crippen LogP contribution in [-0.4, -0.2) is 31.8 Å². The molecule has 0 aliphatic rings. The van der Waals surface area contributed by atoms with Crippen molar-refractivity contribution >= 4 is 5.95 Å². The first-order valence-corrected chi connectivity index (χ1v) is 6.85. The molecule has 7 nitrogen and oxygen atoms in total. The molecule has 0 spiro atoms. The fraction of sp³-hybridized carbons (Fsp3) is 0.200. The van der Waals surface area contributed by atoms with Gasteiger partial charge in [-0.05, 0) is 24.6 Å². The van der Waals surface area contributed by atoms with Crippen LogP contribution in [0.2, 0.25) is 0 Å². The van der Waals surface area contributed by atoms with E-state index in [-0.39, 0.29) is 6.04 Å². The number of nitrogens with zero attached hydrogens (tertiary/aromatic N) is 5. The Morgan fingerprint density at radius 2 is 2.00 bits per heavy atom. The molecule has 0 fully saturated rings. The lowest BCUT2D eigenvalue weighted by Crippen LogP contribution is -2.09. The number of anilines is 1. The quantitative estimate of drug-likeness (QED) is 0.778. The first-order chi connectivity index (χ1) is 10.8. The summed E-state index contributed by atoms with van der Waals surface area (Å²) in [5.74, 6) is 1.07. The summed E-state index contributed by atoms with van der Waals surface area (Å²) >= 11 is 0. The van der Waals surface area contributed by atoms with Crippen LogP contribution in [0.3, 0.4) is 0 Å². The molecule has 1 atom stereocenters. The Hall–Kier alpha value is -2.96. The number of ether oxygens (including phenoxy) is 1. The highest BCUT2D eigenvalue weighted by molar-refractivity contribution is 5.38. The zero-order valence-corrected chi connectivity index (χ0v) is 12.3. The van der Waals surface area contributed by atoms with E-state index in [9.17, 15) is 0 Å². The molecule has 0 radical (unpaired) electrons. The lowest BCUT2D eigenvalue weighted by Gasteiger charge is -2.15. The number of rotatable bonds is 5. The van der Waals surface area contributed by atoms with E-state index in [0.717, 1.165) is 11.3 Å². The van der Waals surface area contributed by atoms with Crippen molar-refractivity contribution in [2.75, 3.05) is 12.4 Å². The van der Waals surface area contributed by atoms with Crippen LogP contribution >= 0.6 is 0 Å². The molecule has 2 aromatic heterocycles. The number of aromatic nitrogens is 5. The van der Waals surface area contributed by atoms with Gasteiger partial charge in [-0.25, -0.2) is 14.6 Å². The molecule has 7 heteroatoms. The van der Waals surface area contributed by atoms with Gasteiger partial charge in [0.2, 0.25) is 11.8 Å². The second kappa shape index (κ2) is 6.21. The van der Waals surface area contributed by atoms with Gasteiger partial charge in [0.25, 0.3) is 0 Å². The standard InChI is InChI=1S/C15H16N6O/c1-11(19-15-17-8-7-14(20-15)22-2)12-3-5-13(6-4-12)21-10-16-9-18-21/h3-11H,1-2H3,(H,17,19,20)/t11-/m0/s1. The average molecular weight is 296 g/mol. The minimum atomic E-state index is 0.0666. The fourth-order valence-corrected chi connectivity index (χ4v) is 2.06. The van der Waals surface area contributed by atoms with E-state index in [1.165, 1.54) is 6.33 Å². The summed E-state index contributed by atoms with van der Waals surface area (Å²) in [4.78, 5) is 12.4. The van der Waals surface area contributed by atoms with Crippen LogP contribution in [0.15, 0.2) is 49.2 Å². The second-order valence-electron chi connectivity index (χ2n) is 4.72. The van der Waals surface area contributed by atoms with Crippen LogP contribution in [-0.2, 0) is 0 Å². The molecule has 3 rings (SSSR count). The second-order valence-corrected chi connectivity index (χ2v) is 4.72. The third-order valence-electron chi connectivity index (χ3n) is 3.26. The van der Waals surface area contributed by atoms with E-state index in [4.69, 9.17) is 4.74 Å². The van der Waals surface area contributed by atoms with Crippen molar-refractivity contribution in [2.45, 2.75) is 13.0 Å². The van der Waals surface area contributed by atoms with Crippen molar-refractivity contribution in [3.8, 4) is 11.6 Å². The summed E-state index contributed by atoms with van der Waals surface area (Å²) in [5, 5.41) is 7.35. The number of nitrogens with one attached hydrogen (secondary N) is 1. The van der Waals surface area contributed by atoms with Crippen molar-refractivity contribution in [1.29, 1.82) is 0 Å². The van der Waals surface area contributed by atoms with E-state index in [1.54, 1.807) is 30.4 Å². The maximum atomic E-state index is 5.09. The van der Waals surface area contributed by atoms with Crippen LogP contribution in [0, 0.1) is 0 Å². The van der Waals surface area contributed by atoms with Crippen molar-refractivity contribution in [3.63, 3.8) is 0 Å². The molecule has 0 aliphatic heterocycles. The molecule has 0 saturated heterocycles. The summed E-state index contributed by atoms with van der Waals surface area (Å²) in [6.07, 6.45) is 4.84. The van der Waals surface area contributed by atoms with Gasteiger partial charge in [-0.1, -0.05) is 12.1 Å². The predicted molar refractivity (Wildman–Crippen MR) is 82.0 cm³/mol. The minimum absolute atomic E-state index is 0.0666. The Kier molecular flexibility index (Phi) is 3.95. The largest absolute Gasteiger partial charge is 0.481 e. The highest BCUT2D eigenvalue weighted by atomic mass is 16.5. The van der Waals surface area contributed by atoms with Gasteiger partial charge in [-0.3, -0.25) is 0 Å². The third-order valence-corrected chi connectivity index (χ3v) is 3.26. The zero-order chi connectivity index (χ0) is 15.4. The molecular weight excluding hydrogens is 280 g/mol. The maximum absolute atomic E-state index is 5.09. The number of methoxy groups -OCH3 is 1. The van der Waals surface area contributed by atoms with Crippen molar-refractivity contribution in [3.05, 3.63) is 54.7 Å². The van der Waals surface area contributed by atoms with Gasteiger partial charge in [0.15, 0.2) is 0 Å². The smallest absolute Gasteiger partial charge is 0.226 e. The van der Waals surface area contributed by atoms with Gasteiger partial charge >= 0.3 is 0 Å². The van der Waals surface area contributed by atoms with Crippen LogP contribution in [0.1, 0.15) is 18.5 Å². The van der Waals surface area contributed by atoms with Crippen molar-refractivity contribution in [1.82, 2.24) is 24.7 Å². The highest BCUT2D eigenvalue weighted by Gasteiger charge is 2.08. The predicted octanol–water partition coefficient (Wildman–Crippen LogP) is 2.24. The minimum Gasteiger partial charge on any atom is -0.481 e. The van der Waals surface area contributed by atoms with E-state index in [2.05, 4.69) is 25.4 Å². The summed E-state index contributed by atoms with van der Waals surface area (Å²) < 4.78 is 6.81. The molecule has 0 amide bonds. The molecule has 0 unspecified atom stereocenters. The normalized spacial score (nSPS) is 11.9. The first kappa shape index (κ1) is 14.0. The Labute approximate surface area is 128 Å². The highest BCUT2D eigenvalue weighted by Crippen LogP contribution is 2.19. The van der Waals surface area contributed by atoms with Gasteiger partial charge in [0.1, 0.15) is 12.7 Å². The van der Waals surface area contributed by atoms with Crippen molar-refractivity contribution in [2.24, 2.45) is 0 Å². The van der Waals surface area contributed by atoms with Crippen LogP contribution < -0.4 is 10.1 Å². The van der Waals surface area contributed by atoms with Gasteiger partial charge in [-0.15, -0.1) is 0 Å². The molecule has 0 aliphatic carbocycles.